The van der Waals surface area contributed by atoms with Crippen molar-refractivity contribution in [2.24, 2.45) is 5.73 Å². The van der Waals surface area contributed by atoms with Crippen LogP contribution in [0, 0.1) is 0 Å². The zero-order chi connectivity index (χ0) is 14.5. The molecule has 0 aliphatic heterocycles. The Labute approximate surface area is 138 Å². The van der Waals surface area contributed by atoms with E-state index in [1.165, 1.54) is 10.5 Å². The molecule has 4 heteroatoms. The van der Waals surface area contributed by atoms with Gasteiger partial charge < -0.3 is 5.73 Å². The second kappa shape index (κ2) is 7.51. The van der Waals surface area contributed by atoms with E-state index in [9.17, 15) is 0 Å². The maximum atomic E-state index is 6.20. The molecule has 0 aliphatic carbocycles. The van der Waals surface area contributed by atoms with E-state index in [1.54, 1.807) is 11.8 Å². The second-order valence-electron chi connectivity index (χ2n) is 4.81. The van der Waals surface area contributed by atoms with Gasteiger partial charge in [0, 0.05) is 26.2 Å². The molecule has 0 aromatic heterocycles. The summed E-state index contributed by atoms with van der Waals surface area (Å²) < 4.78 is 1.09. The van der Waals surface area contributed by atoms with Crippen LogP contribution < -0.4 is 5.73 Å². The van der Waals surface area contributed by atoms with Crippen LogP contribution >= 0.6 is 39.3 Å². The van der Waals surface area contributed by atoms with Gasteiger partial charge in [0.25, 0.3) is 0 Å². The third kappa shape index (κ3) is 4.52. The van der Waals surface area contributed by atoms with Gasteiger partial charge in [-0.1, -0.05) is 45.7 Å². The average Bonchev–Trinajstić information content (AvgIpc) is 2.39. The molecule has 0 bridgehead atoms. The molecule has 106 valence electrons. The van der Waals surface area contributed by atoms with Crippen molar-refractivity contribution in [2.75, 3.05) is 0 Å². The molecule has 0 saturated carbocycles. The predicted octanol–water partition coefficient (Wildman–Crippen LogP) is 5.28. The highest BCUT2D eigenvalue weighted by atomic mass is 79.9. The van der Waals surface area contributed by atoms with E-state index in [2.05, 4.69) is 40.2 Å². The SMILES string of the molecule is CC(N)Cc1cc(Br)ccc1SCc1ccccc1Cl. The number of rotatable bonds is 5. The molecule has 2 aromatic carbocycles. The Bertz CT molecular complexity index is 586. The Morgan fingerprint density at radius 3 is 2.65 bits per heavy atom. The molecule has 0 spiro atoms. The van der Waals surface area contributed by atoms with Crippen LogP contribution in [0.1, 0.15) is 18.1 Å². The minimum atomic E-state index is 0.156. The van der Waals surface area contributed by atoms with Crippen molar-refractivity contribution in [3.05, 3.63) is 63.1 Å². The quantitative estimate of drug-likeness (QED) is 0.724. The summed E-state index contributed by atoms with van der Waals surface area (Å²) in [6.45, 7) is 2.03. The van der Waals surface area contributed by atoms with E-state index in [0.717, 1.165) is 27.2 Å². The van der Waals surface area contributed by atoms with E-state index in [0.29, 0.717) is 0 Å². The maximum Gasteiger partial charge on any atom is 0.0446 e. The third-order valence-electron chi connectivity index (χ3n) is 2.91. The monoisotopic (exact) mass is 369 g/mol. The summed E-state index contributed by atoms with van der Waals surface area (Å²) in [5, 5.41) is 0.825. The Balaban J connectivity index is 2.15. The molecule has 0 amide bonds. The Morgan fingerprint density at radius 1 is 1.20 bits per heavy atom. The molecule has 0 fully saturated rings. The topological polar surface area (TPSA) is 26.0 Å². The molecule has 2 aromatic rings. The molecule has 1 atom stereocenters. The second-order valence-corrected chi connectivity index (χ2v) is 7.15. The van der Waals surface area contributed by atoms with Gasteiger partial charge in [-0.2, -0.15) is 0 Å². The van der Waals surface area contributed by atoms with Gasteiger partial charge in [-0.25, -0.2) is 0 Å². The Hall–Kier alpha value is -0.480. The first-order valence-corrected chi connectivity index (χ1v) is 8.62. The fraction of sp³-hybridized carbons (Fsp3) is 0.250. The number of hydrogen-bond acceptors (Lipinski definition) is 2. The lowest BCUT2D eigenvalue weighted by molar-refractivity contribution is 0.729. The molecule has 20 heavy (non-hydrogen) atoms. The first-order chi connectivity index (χ1) is 9.56. The van der Waals surface area contributed by atoms with E-state index in [4.69, 9.17) is 17.3 Å². The number of nitrogens with two attached hydrogens (primary N) is 1. The summed E-state index contributed by atoms with van der Waals surface area (Å²) in [6, 6.07) is 14.5. The largest absolute Gasteiger partial charge is 0.328 e. The van der Waals surface area contributed by atoms with Gasteiger partial charge in [-0.15, -0.1) is 11.8 Å². The minimum Gasteiger partial charge on any atom is -0.328 e. The fourth-order valence-electron chi connectivity index (χ4n) is 1.97. The first-order valence-electron chi connectivity index (χ1n) is 6.46. The Morgan fingerprint density at radius 2 is 1.95 bits per heavy atom. The predicted molar refractivity (Wildman–Crippen MR) is 92.5 cm³/mol. The fourth-order valence-corrected chi connectivity index (χ4v) is 3.71. The lowest BCUT2D eigenvalue weighted by atomic mass is 10.1. The van der Waals surface area contributed by atoms with Crippen molar-refractivity contribution >= 4 is 39.3 Å². The standard InChI is InChI=1S/C16H17BrClNS/c1-11(19)8-13-9-14(17)6-7-16(13)20-10-12-4-2-3-5-15(12)18/h2-7,9,11H,8,10,19H2,1H3. The average molecular weight is 371 g/mol. The molecule has 1 unspecified atom stereocenters. The lowest BCUT2D eigenvalue weighted by Gasteiger charge is -2.12. The lowest BCUT2D eigenvalue weighted by Crippen LogP contribution is -2.18. The first kappa shape index (κ1) is 15.9. The van der Waals surface area contributed by atoms with Gasteiger partial charge in [0.15, 0.2) is 0 Å². The van der Waals surface area contributed by atoms with Gasteiger partial charge in [0.1, 0.15) is 0 Å². The van der Waals surface area contributed by atoms with Crippen molar-refractivity contribution < 1.29 is 0 Å². The van der Waals surface area contributed by atoms with Crippen LogP contribution in [0.25, 0.3) is 0 Å². The summed E-state index contributed by atoms with van der Waals surface area (Å²) in [4.78, 5) is 1.27. The maximum absolute atomic E-state index is 6.20. The van der Waals surface area contributed by atoms with Crippen molar-refractivity contribution in [1.29, 1.82) is 0 Å². The van der Waals surface area contributed by atoms with Crippen LogP contribution in [-0.4, -0.2) is 6.04 Å². The van der Waals surface area contributed by atoms with Crippen LogP contribution in [0.3, 0.4) is 0 Å². The van der Waals surface area contributed by atoms with E-state index >= 15 is 0 Å². The number of benzene rings is 2. The van der Waals surface area contributed by atoms with Gasteiger partial charge in [0.05, 0.1) is 0 Å². The highest BCUT2D eigenvalue weighted by Crippen LogP contribution is 2.31. The zero-order valence-electron chi connectivity index (χ0n) is 11.3. The van der Waals surface area contributed by atoms with Crippen LogP contribution in [0.4, 0.5) is 0 Å². The molecular weight excluding hydrogens is 354 g/mol. The molecule has 2 N–H and O–H groups in total. The molecule has 2 rings (SSSR count). The third-order valence-corrected chi connectivity index (χ3v) is 4.93. The Kier molecular flexibility index (Phi) is 5.97. The van der Waals surface area contributed by atoms with Gasteiger partial charge in [-0.3, -0.25) is 0 Å². The van der Waals surface area contributed by atoms with Crippen molar-refractivity contribution in [2.45, 2.75) is 30.0 Å². The van der Waals surface area contributed by atoms with Crippen LogP contribution in [0.5, 0.6) is 0 Å². The van der Waals surface area contributed by atoms with Crippen LogP contribution in [0.15, 0.2) is 51.8 Å². The zero-order valence-corrected chi connectivity index (χ0v) is 14.4. The van der Waals surface area contributed by atoms with Gasteiger partial charge in [0.2, 0.25) is 0 Å². The van der Waals surface area contributed by atoms with Gasteiger partial charge in [-0.05, 0) is 48.7 Å². The molecule has 1 nitrogen and oxygen atoms in total. The summed E-state index contributed by atoms with van der Waals surface area (Å²) in [6.07, 6.45) is 0.879. The van der Waals surface area contributed by atoms with Crippen molar-refractivity contribution in [1.82, 2.24) is 0 Å². The number of hydrogen-bond donors (Lipinski definition) is 1. The highest BCUT2D eigenvalue weighted by Gasteiger charge is 2.08. The molecular formula is C16H17BrClNS. The summed E-state index contributed by atoms with van der Waals surface area (Å²) in [5.41, 5.74) is 8.37. The van der Waals surface area contributed by atoms with E-state index < -0.39 is 0 Å². The van der Waals surface area contributed by atoms with E-state index in [-0.39, 0.29) is 6.04 Å². The molecule has 0 aliphatic rings. The normalized spacial score (nSPS) is 12.4. The van der Waals surface area contributed by atoms with Gasteiger partial charge >= 0.3 is 0 Å². The molecule has 0 heterocycles. The smallest absolute Gasteiger partial charge is 0.0446 e. The van der Waals surface area contributed by atoms with Crippen molar-refractivity contribution in [3.63, 3.8) is 0 Å². The molecule has 0 saturated heterocycles. The summed E-state index contributed by atoms with van der Waals surface area (Å²) in [5.74, 6) is 0.868. The van der Waals surface area contributed by atoms with Crippen molar-refractivity contribution in [3.8, 4) is 0 Å². The highest BCUT2D eigenvalue weighted by molar-refractivity contribution is 9.10. The molecule has 0 radical (unpaired) electrons. The number of thioether (sulfide) groups is 1. The number of halogens is 2. The summed E-state index contributed by atoms with van der Waals surface area (Å²) >= 11 is 11.5. The van der Waals surface area contributed by atoms with Crippen LogP contribution in [-0.2, 0) is 12.2 Å². The minimum absolute atomic E-state index is 0.156. The summed E-state index contributed by atoms with van der Waals surface area (Å²) in [7, 11) is 0. The van der Waals surface area contributed by atoms with E-state index in [1.807, 2.05) is 25.1 Å². The van der Waals surface area contributed by atoms with Crippen LogP contribution in [0.2, 0.25) is 5.02 Å².